The molecule has 0 spiro atoms. The summed E-state index contributed by atoms with van der Waals surface area (Å²) in [5, 5.41) is 6.32. The average molecular weight is 375 g/mol. The highest BCUT2D eigenvalue weighted by Gasteiger charge is 2.29. The van der Waals surface area contributed by atoms with E-state index in [1.165, 1.54) is 12.1 Å². The normalized spacial score (nSPS) is 12.3. The first-order chi connectivity index (χ1) is 12.5. The van der Waals surface area contributed by atoms with Crippen LogP contribution in [0.15, 0.2) is 29.3 Å². The summed E-state index contributed by atoms with van der Waals surface area (Å²) in [5.41, 5.74) is 0.213. The van der Waals surface area contributed by atoms with E-state index in [9.17, 15) is 13.2 Å². The molecule has 0 saturated carbocycles. The number of aliphatic imine (C=N–C) groups is 1. The van der Waals surface area contributed by atoms with Gasteiger partial charge in [0.2, 0.25) is 0 Å². The predicted molar refractivity (Wildman–Crippen MR) is 96.4 cm³/mol. The quantitative estimate of drug-likeness (QED) is 0.355. The van der Waals surface area contributed by atoms with Gasteiger partial charge in [0.15, 0.2) is 5.96 Å². The molecule has 0 atom stereocenters. The van der Waals surface area contributed by atoms with Gasteiger partial charge in [0.25, 0.3) is 0 Å². The van der Waals surface area contributed by atoms with Gasteiger partial charge < -0.3 is 20.1 Å². The van der Waals surface area contributed by atoms with Crippen molar-refractivity contribution in [3.8, 4) is 0 Å². The lowest BCUT2D eigenvalue weighted by atomic mass is 10.1. The van der Waals surface area contributed by atoms with Gasteiger partial charge in [0, 0.05) is 33.4 Å². The van der Waals surface area contributed by atoms with E-state index in [0.717, 1.165) is 30.7 Å². The number of rotatable bonds is 11. The molecule has 2 N–H and O–H groups in total. The zero-order valence-corrected chi connectivity index (χ0v) is 15.4. The van der Waals surface area contributed by atoms with Crippen LogP contribution in [-0.2, 0) is 22.1 Å². The fourth-order valence-corrected chi connectivity index (χ4v) is 2.13. The number of guanidine groups is 1. The van der Waals surface area contributed by atoms with Gasteiger partial charge in [-0.15, -0.1) is 0 Å². The summed E-state index contributed by atoms with van der Waals surface area (Å²) in [7, 11) is 1.63. The number of nitrogens with one attached hydrogen (secondary N) is 2. The minimum Gasteiger partial charge on any atom is -0.382 e. The van der Waals surface area contributed by atoms with Crippen LogP contribution in [0.25, 0.3) is 0 Å². The first-order valence-electron chi connectivity index (χ1n) is 8.72. The third-order valence-corrected chi connectivity index (χ3v) is 3.48. The Morgan fingerprint density at radius 2 is 1.81 bits per heavy atom. The van der Waals surface area contributed by atoms with Crippen LogP contribution in [0.2, 0.25) is 0 Å². The summed E-state index contributed by atoms with van der Waals surface area (Å²) in [5.74, 6) is 0.691. The van der Waals surface area contributed by atoms with Crippen LogP contribution >= 0.6 is 0 Å². The molecule has 0 unspecified atom stereocenters. The summed E-state index contributed by atoms with van der Waals surface area (Å²) in [6.45, 7) is 5.70. The van der Waals surface area contributed by atoms with Gasteiger partial charge in [0.05, 0.1) is 18.8 Å². The van der Waals surface area contributed by atoms with E-state index >= 15 is 0 Å². The Morgan fingerprint density at radius 1 is 1.08 bits per heavy atom. The highest BCUT2D eigenvalue weighted by atomic mass is 19.4. The highest BCUT2D eigenvalue weighted by Crippen LogP contribution is 2.29. The van der Waals surface area contributed by atoms with Crippen molar-refractivity contribution in [3.63, 3.8) is 0 Å². The zero-order chi connectivity index (χ0) is 19.3. The molecule has 0 aliphatic carbocycles. The molecule has 148 valence electrons. The average Bonchev–Trinajstić information content (AvgIpc) is 2.60. The van der Waals surface area contributed by atoms with Gasteiger partial charge in [-0.3, -0.25) is 4.99 Å². The third-order valence-electron chi connectivity index (χ3n) is 3.48. The molecule has 5 nitrogen and oxygen atoms in total. The van der Waals surface area contributed by atoms with E-state index in [1.54, 1.807) is 7.11 Å². The zero-order valence-electron chi connectivity index (χ0n) is 15.4. The Bertz CT molecular complexity index is 519. The summed E-state index contributed by atoms with van der Waals surface area (Å²) < 4.78 is 47.9. The van der Waals surface area contributed by atoms with Crippen molar-refractivity contribution in [1.82, 2.24) is 10.6 Å². The molecule has 0 aromatic heterocycles. The van der Waals surface area contributed by atoms with E-state index in [2.05, 4.69) is 15.6 Å². The molecule has 0 amide bonds. The second-order valence-electron chi connectivity index (χ2n) is 5.59. The number of hydrogen-bond acceptors (Lipinski definition) is 3. The molecular weight excluding hydrogens is 347 g/mol. The lowest BCUT2D eigenvalue weighted by Gasteiger charge is -2.12. The Morgan fingerprint density at radius 3 is 2.42 bits per heavy atom. The summed E-state index contributed by atoms with van der Waals surface area (Å²) in [6.07, 6.45) is -2.88. The number of alkyl halides is 3. The van der Waals surface area contributed by atoms with Crippen LogP contribution in [0.3, 0.4) is 0 Å². The fraction of sp³-hybridized carbons (Fsp3) is 0.611. The monoisotopic (exact) mass is 375 g/mol. The molecular formula is C18H28F3N3O2. The topological polar surface area (TPSA) is 54.9 Å². The van der Waals surface area contributed by atoms with Gasteiger partial charge in [-0.25, -0.2) is 0 Å². The van der Waals surface area contributed by atoms with Gasteiger partial charge >= 0.3 is 6.18 Å². The maximum atomic E-state index is 12.5. The number of methoxy groups -OCH3 is 1. The van der Waals surface area contributed by atoms with Crippen molar-refractivity contribution in [2.24, 2.45) is 4.99 Å². The highest BCUT2D eigenvalue weighted by molar-refractivity contribution is 5.79. The molecule has 1 rings (SSSR count). The summed E-state index contributed by atoms with van der Waals surface area (Å²) in [6, 6.07) is 5.23. The fourth-order valence-electron chi connectivity index (χ4n) is 2.13. The van der Waals surface area contributed by atoms with Crippen LogP contribution in [-0.4, -0.2) is 52.5 Å². The van der Waals surface area contributed by atoms with Crippen LogP contribution in [0.1, 0.15) is 24.5 Å². The lowest BCUT2D eigenvalue weighted by Crippen LogP contribution is -2.38. The van der Waals surface area contributed by atoms with Crippen LogP contribution in [0, 0.1) is 0 Å². The maximum absolute atomic E-state index is 12.5. The van der Waals surface area contributed by atoms with Gasteiger partial charge in [-0.1, -0.05) is 12.1 Å². The van der Waals surface area contributed by atoms with E-state index in [1.807, 2.05) is 6.92 Å². The lowest BCUT2D eigenvalue weighted by molar-refractivity contribution is -0.137. The van der Waals surface area contributed by atoms with Gasteiger partial charge in [-0.2, -0.15) is 13.2 Å². The van der Waals surface area contributed by atoms with Crippen molar-refractivity contribution in [1.29, 1.82) is 0 Å². The first-order valence-corrected chi connectivity index (χ1v) is 8.72. The van der Waals surface area contributed by atoms with Gasteiger partial charge in [0.1, 0.15) is 0 Å². The summed E-state index contributed by atoms with van der Waals surface area (Å²) in [4.78, 5) is 4.44. The SMILES string of the molecule is CCNC(=NCCCOCCOC)NCCc1ccc(C(F)(F)F)cc1. The van der Waals surface area contributed by atoms with E-state index in [-0.39, 0.29) is 0 Å². The second kappa shape index (κ2) is 12.5. The summed E-state index contributed by atoms with van der Waals surface area (Å²) >= 11 is 0. The number of hydrogen-bond donors (Lipinski definition) is 2. The number of nitrogens with zero attached hydrogens (tertiary/aromatic N) is 1. The van der Waals surface area contributed by atoms with E-state index in [0.29, 0.717) is 45.3 Å². The molecule has 0 radical (unpaired) electrons. The van der Waals surface area contributed by atoms with Crippen molar-refractivity contribution >= 4 is 5.96 Å². The van der Waals surface area contributed by atoms with E-state index < -0.39 is 11.7 Å². The molecule has 8 heteroatoms. The Kier molecular flexibility index (Phi) is 10.7. The number of halogens is 3. The molecule has 0 fully saturated rings. The minimum absolute atomic E-state index is 0.575. The van der Waals surface area contributed by atoms with Crippen molar-refractivity contribution in [2.45, 2.75) is 25.9 Å². The molecule has 0 bridgehead atoms. The molecule has 0 aliphatic rings. The van der Waals surface area contributed by atoms with Crippen molar-refractivity contribution in [3.05, 3.63) is 35.4 Å². The van der Waals surface area contributed by atoms with Gasteiger partial charge in [-0.05, 0) is 37.5 Å². The molecule has 1 aromatic carbocycles. The standard InChI is InChI=1S/C18H28F3N3O2/c1-3-22-17(23-10-4-12-26-14-13-25-2)24-11-9-15-5-7-16(8-6-15)18(19,20)21/h5-8H,3-4,9-14H2,1-2H3,(H2,22,23,24). The minimum atomic E-state index is -4.30. The Labute approximate surface area is 153 Å². The smallest absolute Gasteiger partial charge is 0.382 e. The second-order valence-corrected chi connectivity index (χ2v) is 5.59. The van der Waals surface area contributed by atoms with Crippen LogP contribution in [0.4, 0.5) is 13.2 Å². The Hall–Kier alpha value is -1.80. The number of benzene rings is 1. The van der Waals surface area contributed by atoms with Crippen LogP contribution < -0.4 is 10.6 Å². The van der Waals surface area contributed by atoms with Crippen molar-refractivity contribution < 1.29 is 22.6 Å². The molecule has 0 aliphatic heterocycles. The first kappa shape index (κ1) is 22.2. The maximum Gasteiger partial charge on any atom is 0.416 e. The molecule has 1 aromatic rings. The Balaban J connectivity index is 2.33. The molecule has 0 saturated heterocycles. The largest absolute Gasteiger partial charge is 0.416 e. The van der Waals surface area contributed by atoms with Crippen LogP contribution in [0.5, 0.6) is 0 Å². The molecule has 26 heavy (non-hydrogen) atoms. The van der Waals surface area contributed by atoms with Crippen molar-refractivity contribution in [2.75, 3.05) is 46.6 Å². The predicted octanol–water partition coefficient (Wildman–Crippen LogP) is 2.86. The third kappa shape index (κ3) is 9.62. The molecule has 0 heterocycles. The number of ether oxygens (including phenoxy) is 2. The van der Waals surface area contributed by atoms with E-state index in [4.69, 9.17) is 9.47 Å².